The molecule has 4 heteroatoms. The first-order valence-electron chi connectivity index (χ1n) is 9.18. The second-order valence-electron chi connectivity index (χ2n) is 6.56. The quantitative estimate of drug-likeness (QED) is 0.474. The van der Waals surface area contributed by atoms with Gasteiger partial charge >= 0.3 is 5.97 Å². The highest BCUT2D eigenvalue weighted by molar-refractivity contribution is 6.11. The van der Waals surface area contributed by atoms with Gasteiger partial charge in [-0.1, -0.05) is 78.9 Å². The average Bonchev–Trinajstić information content (AvgIpc) is 3.10. The zero-order valence-electron chi connectivity index (χ0n) is 15.4. The van der Waals surface area contributed by atoms with E-state index in [0.717, 1.165) is 16.7 Å². The van der Waals surface area contributed by atoms with Gasteiger partial charge in [0.05, 0.1) is 0 Å². The number of hydrogen-bond donors (Lipinski definition) is 0. The van der Waals surface area contributed by atoms with Gasteiger partial charge in [0.1, 0.15) is 0 Å². The van der Waals surface area contributed by atoms with Crippen LogP contribution >= 0.6 is 0 Å². The number of carbonyl (C=O) groups is 1. The zero-order chi connectivity index (χ0) is 19.2. The molecule has 0 aliphatic carbocycles. The van der Waals surface area contributed by atoms with Crippen LogP contribution in [0.3, 0.4) is 0 Å². The van der Waals surface area contributed by atoms with Crippen molar-refractivity contribution in [3.8, 4) is 0 Å². The minimum atomic E-state index is -0.426. The summed E-state index contributed by atoms with van der Waals surface area (Å²) in [5, 5.41) is 0. The lowest BCUT2D eigenvalue weighted by Gasteiger charge is -2.21. The molecule has 0 aromatic heterocycles. The third kappa shape index (κ3) is 4.35. The van der Waals surface area contributed by atoms with Crippen molar-refractivity contribution < 1.29 is 9.53 Å². The highest BCUT2D eigenvalue weighted by atomic mass is 16.6. The molecule has 4 nitrogen and oxygen atoms in total. The maximum Gasteiger partial charge on any atom is 0.365 e. The summed E-state index contributed by atoms with van der Waals surface area (Å²) in [6.07, 6.45) is 1.79. The maximum absolute atomic E-state index is 12.4. The maximum atomic E-state index is 12.4. The number of hydrogen-bond acceptors (Lipinski definition) is 4. The summed E-state index contributed by atoms with van der Waals surface area (Å²) in [7, 11) is 0. The molecule has 0 N–H and O–H groups in total. The van der Waals surface area contributed by atoms with Crippen LogP contribution < -0.4 is 0 Å². The Morgan fingerprint density at radius 3 is 1.79 bits per heavy atom. The molecular weight excluding hydrogens is 348 g/mol. The van der Waals surface area contributed by atoms with E-state index in [2.05, 4.69) is 34.2 Å². The number of cyclic esters (lactones) is 1. The van der Waals surface area contributed by atoms with Gasteiger partial charge in [-0.3, -0.25) is 0 Å². The molecule has 0 bridgehead atoms. The van der Waals surface area contributed by atoms with Crippen LogP contribution in [0.15, 0.2) is 108 Å². The van der Waals surface area contributed by atoms with Gasteiger partial charge in [-0.25, -0.2) is 9.79 Å². The third-order valence-corrected chi connectivity index (χ3v) is 4.40. The number of benzene rings is 3. The second kappa shape index (κ2) is 8.35. The van der Waals surface area contributed by atoms with E-state index in [0.29, 0.717) is 24.7 Å². The molecule has 1 heterocycles. The smallest absolute Gasteiger partial charge is 0.365 e. The number of esters is 1. The van der Waals surface area contributed by atoms with Crippen molar-refractivity contribution in [2.24, 2.45) is 4.99 Å². The molecule has 1 aliphatic rings. The first kappa shape index (κ1) is 17.7. The Hall–Kier alpha value is -3.66. The number of ether oxygens (including phenoxy) is 1. The largest absolute Gasteiger partial charge is 0.402 e. The normalized spacial score (nSPS) is 14.6. The molecule has 0 fully saturated rings. The van der Waals surface area contributed by atoms with Gasteiger partial charge in [0.25, 0.3) is 0 Å². The summed E-state index contributed by atoms with van der Waals surface area (Å²) in [5.74, 6) is -0.0822. The van der Waals surface area contributed by atoms with Crippen LogP contribution in [-0.4, -0.2) is 16.8 Å². The first-order chi connectivity index (χ1) is 13.8. The summed E-state index contributed by atoms with van der Waals surface area (Å²) in [5.41, 5.74) is 3.42. The Morgan fingerprint density at radius 2 is 1.25 bits per heavy atom. The summed E-state index contributed by atoms with van der Waals surface area (Å²) in [6.45, 7) is 1.34. The Kier molecular flexibility index (Phi) is 5.29. The minimum absolute atomic E-state index is 0.311. The predicted molar refractivity (Wildman–Crippen MR) is 109 cm³/mol. The van der Waals surface area contributed by atoms with Gasteiger partial charge in [0.15, 0.2) is 5.70 Å². The lowest BCUT2D eigenvalue weighted by Crippen LogP contribution is -2.18. The molecule has 0 unspecified atom stereocenters. The molecule has 0 saturated carbocycles. The van der Waals surface area contributed by atoms with E-state index >= 15 is 0 Å². The van der Waals surface area contributed by atoms with Crippen LogP contribution in [0.4, 0.5) is 0 Å². The van der Waals surface area contributed by atoms with Crippen LogP contribution in [-0.2, 0) is 22.6 Å². The fourth-order valence-electron chi connectivity index (χ4n) is 3.06. The van der Waals surface area contributed by atoms with Crippen molar-refractivity contribution in [1.29, 1.82) is 0 Å². The highest BCUT2D eigenvalue weighted by Crippen LogP contribution is 2.19. The van der Waals surface area contributed by atoms with Crippen molar-refractivity contribution in [3.05, 3.63) is 120 Å². The summed E-state index contributed by atoms with van der Waals surface area (Å²) >= 11 is 0. The lowest BCUT2D eigenvalue weighted by atomic mass is 10.2. The SMILES string of the molecule is O=C1OC(c2ccccc2)=N/C1=C/N(Cc1ccccc1)Cc1ccccc1. The van der Waals surface area contributed by atoms with Gasteiger partial charge in [-0.05, 0) is 23.3 Å². The van der Waals surface area contributed by atoms with E-state index in [-0.39, 0.29) is 0 Å². The molecule has 0 radical (unpaired) electrons. The van der Waals surface area contributed by atoms with E-state index in [4.69, 9.17) is 4.74 Å². The standard InChI is InChI=1S/C24H20N2O2/c27-24-22(25-23(28-24)21-14-8-3-9-15-21)18-26(16-19-10-4-1-5-11-19)17-20-12-6-2-7-13-20/h1-15,18H,16-17H2/b22-18+. The Morgan fingerprint density at radius 1 is 0.750 bits per heavy atom. The Balaban J connectivity index is 1.62. The van der Waals surface area contributed by atoms with E-state index in [1.807, 2.05) is 66.7 Å². The molecular formula is C24H20N2O2. The van der Waals surface area contributed by atoms with Crippen molar-refractivity contribution >= 4 is 11.9 Å². The summed E-state index contributed by atoms with van der Waals surface area (Å²) in [4.78, 5) is 18.9. The first-order valence-corrected chi connectivity index (χ1v) is 9.18. The van der Waals surface area contributed by atoms with Gasteiger partial charge in [0.2, 0.25) is 5.90 Å². The molecule has 0 atom stereocenters. The second-order valence-corrected chi connectivity index (χ2v) is 6.56. The van der Waals surface area contributed by atoms with Crippen molar-refractivity contribution in [2.75, 3.05) is 0 Å². The average molecular weight is 368 g/mol. The van der Waals surface area contributed by atoms with Crippen molar-refractivity contribution in [1.82, 2.24) is 4.90 Å². The van der Waals surface area contributed by atoms with Gasteiger partial charge in [-0.2, -0.15) is 0 Å². The van der Waals surface area contributed by atoms with Gasteiger partial charge in [-0.15, -0.1) is 0 Å². The van der Waals surface area contributed by atoms with Crippen LogP contribution in [0.2, 0.25) is 0 Å². The van der Waals surface area contributed by atoms with Gasteiger partial charge < -0.3 is 9.64 Å². The molecule has 4 rings (SSSR count). The predicted octanol–water partition coefficient (Wildman–Crippen LogP) is 4.53. The molecule has 3 aromatic carbocycles. The molecule has 1 aliphatic heterocycles. The van der Waals surface area contributed by atoms with Crippen LogP contribution in [0.1, 0.15) is 16.7 Å². The van der Waals surface area contributed by atoms with Crippen molar-refractivity contribution in [2.45, 2.75) is 13.1 Å². The zero-order valence-corrected chi connectivity index (χ0v) is 15.4. The number of rotatable bonds is 6. The van der Waals surface area contributed by atoms with E-state index in [9.17, 15) is 4.79 Å². The molecule has 0 spiro atoms. The molecule has 3 aromatic rings. The summed E-state index contributed by atoms with van der Waals surface area (Å²) in [6, 6.07) is 29.8. The van der Waals surface area contributed by atoms with Crippen LogP contribution in [0.5, 0.6) is 0 Å². The minimum Gasteiger partial charge on any atom is -0.402 e. The highest BCUT2D eigenvalue weighted by Gasteiger charge is 2.25. The summed E-state index contributed by atoms with van der Waals surface area (Å²) < 4.78 is 5.38. The van der Waals surface area contributed by atoms with Crippen molar-refractivity contribution in [3.63, 3.8) is 0 Å². The fraction of sp³-hybridized carbons (Fsp3) is 0.0833. The fourth-order valence-corrected chi connectivity index (χ4v) is 3.06. The Bertz CT molecular complexity index is 955. The number of nitrogens with zero attached hydrogens (tertiary/aromatic N) is 2. The molecule has 28 heavy (non-hydrogen) atoms. The molecule has 0 amide bonds. The van der Waals surface area contributed by atoms with Gasteiger partial charge in [0, 0.05) is 24.9 Å². The third-order valence-electron chi connectivity index (χ3n) is 4.40. The van der Waals surface area contributed by atoms with E-state index in [1.165, 1.54) is 0 Å². The topological polar surface area (TPSA) is 41.9 Å². The lowest BCUT2D eigenvalue weighted by molar-refractivity contribution is -0.130. The monoisotopic (exact) mass is 368 g/mol. The van der Waals surface area contributed by atoms with Crippen LogP contribution in [0, 0.1) is 0 Å². The Labute approximate surface area is 164 Å². The number of aliphatic imine (C=N–C) groups is 1. The molecule has 0 saturated heterocycles. The van der Waals surface area contributed by atoms with E-state index < -0.39 is 5.97 Å². The van der Waals surface area contributed by atoms with Crippen LogP contribution in [0.25, 0.3) is 0 Å². The molecule has 138 valence electrons. The van der Waals surface area contributed by atoms with E-state index in [1.54, 1.807) is 6.20 Å². The number of carbonyl (C=O) groups excluding carboxylic acids is 1.